The van der Waals surface area contributed by atoms with Crippen LogP contribution in [0.4, 0.5) is 10.5 Å². The molecule has 1 aliphatic carbocycles. The van der Waals surface area contributed by atoms with Gasteiger partial charge in [-0.05, 0) is 52.2 Å². The average molecular weight is 290 g/mol. The van der Waals surface area contributed by atoms with Crippen molar-refractivity contribution >= 4 is 11.8 Å². The Hall–Kier alpha value is -1.71. The van der Waals surface area contributed by atoms with Crippen LogP contribution in [-0.2, 0) is 11.3 Å². The lowest BCUT2D eigenvalue weighted by atomic mass is 10.1. The van der Waals surface area contributed by atoms with Crippen molar-refractivity contribution < 1.29 is 9.53 Å². The molecule has 4 nitrogen and oxygen atoms in total. The summed E-state index contributed by atoms with van der Waals surface area (Å²) in [4.78, 5) is 14.0. The number of hydrogen-bond donors (Lipinski definition) is 1. The zero-order valence-corrected chi connectivity index (χ0v) is 13.5. The summed E-state index contributed by atoms with van der Waals surface area (Å²) in [6.07, 6.45) is 2.21. The summed E-state index contributed by atoms with van der Waals surface area (Å²) in [6.45, 7) is 8.85. The van der Waals surface area contributed by atoms with Gasteiger partial charge in [-0.1, -0.05) is 18.2 Å². The maximum Gasteiger partial charge on any atom is 0.410 e. The third-order valence-electron chi connectivity index (χ3n) is 3.35. The van der Waals surface area contributed by atoms with E-state index in [2.05, 4.69) is 17.4 Å². The lowest BCUT2D eigenvalue weighted by molar-refractivity contribution is 0.0245. The van der Waals surface area contributed by atoms with E-state index in [1.54, 1.807) is 4.90 Å². The summed E-state index contributed by atoms with van der Waals surface area (Å²) in [6, 6.07) is 8.78. The van der Waals surface area contributed by atoms with E-state index in [0.717, 1.165) is 11.3 Å². The van der Waals surface area contributed by atoms with Crippen molar-refractivity contribution in [3.8, 4) is 0 Å². The van der Waals surface area contributed by atoms with Gasteiger partial charge in [-0.15, -0.1) is 0 Å². The quantitative estimate of drug-likeness (QED) is 0.890. The highest BCUT2D eigenvalue weighted by molar-refractivity contribution is 5.68. The number of para-hydroxylation sites is 1. The molecule has 21 heavy (non-hydrogen) atoms. The fourth-order valence-electron chi connectivity index (χ4n) is 2.08. The van der Waals surface area contributed by atoms with E-state index in [1.807, 2.05) is 39.8 Å². The molecule has 0 atom stereocenters. The molecule has 0 aliphatic heterocycles. The highest BCUT2D eigenvalue weighted by Gasteiger charge is 2.24. The Morgan fingerprint density at radius 3 is 2.57 bits per heavy atom. The largest absolute Gasteiger partial charge is 0.444 e. The predicted octanol–water partition coefficient (Wildman–Crippen LogP) is 4.02. The summed E-state index contributed by atoms with van der Waals surface area (Å²) in [5.74, 6) is 0. The normalized spacial score (nSPS) is 14.7. The molecule has 116 valence electrons. The Labute approximate surface area is 127 Å². The Morgan fingerprint density at radius 2 is 2.00 bits per heavy atom. The van der Waals surface area contributed by atoms with Gasteiger partial charge in [0.1, 0.15) is 5.60 Å². The van der Waals surface area contributed by atoms with Crippen molar-refractivity contribution in [1.82, 2.24) is 4.90 Å². The number of rotatable bonds is 5. The van der Waals surface area contributed by atoms with Crippen LogP contribution in [0.1, 0.15) is 46.1 Å². The van der Waals surface area contributed by atoms with Crippen molar-refractivity contribution in [1.29, 1.82) is 0 Å². The van der Waals surface area contributed by atoms with Gasteiger partial charge >= 0.3 is 6.09 Å². The van der Waals surface area contributed by atoms with Crippen LogP contribution in [0, 0.1) is 0 Å². The number of ether oxygens (including phenoxy) is 1. The Kier molecular flexibility index (Phi) is 4.76. The van der Waals surface area contributed by atoms with E-state index in [-0.39, 0.29) is 6.09 Å². The summed E-state index contributed by atoms with van der Waals surface area (Å²) in [5.41, 5.74) is 1.80. The first-order valence-electron chi connectivity index (χ1n) is 7.71. The monoisotopic (exact) mass is 290 g/mol. The maximum absolute atomic E-state index is 12.2. The predicted molar refractivity (Wildman–Crippen MR) is 85.4 cm³/mol. The van der Waals surface area contributed by atoms with Crippen molar-refractivity contribution in [2.75, 3.05) is 11.9 Å². The number of carbonyl (C=O) groups excluding carboxylic acids is 1. The van der Waals surface area contributed by atoms with E-state index in [0.29, 0.717) is 19.1 Å². The van der Waals surface area contributed by atoms with Crippen molar-refractivity contribution in [3.05, 3.63) is 29.8 Å². The number of anilines is 1. The molecule has 0 radical (unpaired) electrons. The van der Waals surface area contributed by atoms with Crippen LogP contribution in [0.3, 0.4) is 0 Å². The van der Waals surface area contributed by atoms with Crippen LogP contribution in [0.5, 0.6) is 0 Å². The molecular weight excluding hydrogens is 264 g/mol. The summed E-state index contributed by atoms with van der Waals surface area (Å²) < 4.78 is 5.46. The zero-order chi connectivity index (χ0) is 15.5. The topological polar surface area (TPSA) is 41.6 Å². The van der Waals surface area contributed by atoms with E-state index < -0.39 is 5.60 Å². The van der Waals surface area contributed by atoms with Crippen LogP contribution in [0.2, 0.25) is 0 Å². The van der Waals surface area contributed by atoms with Crippen LogP contribution in [0.25, 0.3) is 0 Å². The van der Waals surface area contributed by atoms with Gasteiger partial charge in [0.25, 0.3) is 0 Å². The molecule has 1 fully saturated rings. The highest BCUT2D eigenvalue weighted by atomic mass is 16.6. The molecule has 0 aromatic heterocycles. The van der Waals surface area contributed by atoms with Crippen LogP contribution >= 0.6 is 0 Å². The third-order valence-corrected chi connectivity index (χ3v) is 3.35. The number of benzene rings is 1. The standard InChI is InChI=1S/C17H26N2O2/c1-5-19(16(20)21-17(2,3)4)12-13-8-6-7-9-15(13)18-14-10-11-14/h6-9,14,18H,5,10-12H2,1-4H3. The smallest absolute Gasteiger partial charge is 0.410 e. The number of amides is 1. The molecule has 0 bridgehead atoms. The Morgan fingerprint density at radius 1 is 1.33 bits per heavy atom. The number of hydrogen-bond acceptors (Lipinski definition) is 3. The molecule has 4 heteroatoms. The van der Waals surface area contributed by atoms with Crippen LogP contribution in [0.15, 0.2) is 24.3 Å². The minimum Gasteiger partial charge on any atom is -0.444 e. The summed E-state index contributed by atoms with van der Waals surface area (Å²) in [5, 5.41) is 3.52. The van der Waals surface area contributed by atoms with E-state index in [4.69, 9.17) is 4.74 Å². The second kappa shape index (κ2) is 6.37. The first kappa shape index (κ1) is 15.7. The molecule has 0 heterocycles. The molecule has 0 spiro atoms. The SMILES string of the molecule is CCN(Cc1ccccc1NC1CC1)C(=O)OC(C)(C)C. The molecule has 1 saturated carbocycles. The fourth-order valence-corrected chi connectivity index (χ4v) is 2.08. The lowest BCUT2D eigenvalue weighted by Crippen LogP contribution is -2.36. The minimum atomic E-state index is -0.462. The molecule has 1 aliphatic rings. The summed E-state index contributed by atoms with van der Waals surface area (Å²) >= 11 is 0. The van der Waals surface area contributed by atoms with Gasteiger partial charge in [0.2, 0.25) is 0 Å². The van der Waals surface area contributed by atoms with Gasteiger partial charge in [0, 0.05) is 18.3 Å². The Balaban J connectivity index is 2.05. The van der Waals surface area contributed by atoms with E-state index >= 15 is 0 Å². The molecule has 1 amide bonds. The Bertz CT molecular complexity index is 490. The van der Waals surface area contributed by atoms with Gasteiger partial charge in [0.15, 0.2) is 0 Å². The molecule has 0 saturated heterocycles. The first-order valence-corrected chi connectivity index (χ1v) is 7.71. The van der Waals surface area contributed by atoms with Crippen LogP contribution in [-0.4, -0.2) is 29.2 Å². The number of nitrogens with zero attached hydrogens (tertiary/aromatic N) is 1. The summed E-state index contributed by atoms with van der Waals surface area (Å²) in [7, 11) is 0. The van der Waals surface area contributed by atoms with Crippen molar-refractivity contribution in [2.24, 2.45) is 0 Å². The minimum absolute atomic E-state index is 0.258. The molecular formula is C17H26N2O2. The van der Waals surface area contributed by atoms with Crippen molar-refractivity contribution in [2.45, 2.75) is 58.7 Å². The number of carbonyl (C=O) groups is 1. The van der Waals surface area contributed by atoms with E-state index in [1.165, 1.54) is 12.8 Å². The van der Waals surface area contributed by atoms with Gasteiger partial charge in [0.05, 0.1) is 6.54 Å². The molecule has 0 unspecified atom stereocenters. The molecule has 1 N–H and O–H groups in total. The fraction of sp³-hybridized carbons (Fsp3) is 0.588. The van der Waals surface area contributed by atoms with Crippen LogP contribution < -0.4 is 5.32 Å². The molecule has 1 aromatic carbocycles. The van der Waals surface area contributed by atoms with Gasteiger partial charge < -0.3 is 15.0 Å². The average Bonchev–Trinajstić information content (AvgIpc) is 3.19. The zero-order valence-electron chi connectivity index (χ0n) is 13.5. The third kappa shape index (κ3) is 4.96. The molecule has 1 aromatic rings. The second-order valence-corrected chi connectivity index (χ2v) is 6.57. The van der Waals surface area contributed by atoms with E-state index in [9.17, 15) is 4.79 Å². The van der Waals surface area contributed by atoms with Gasteiger partial charge in [-0.2, -0.15) is 0 Å². The highest BCUT2D eigenvalue weighted by Crippen LogP contribution is 2.27. The number of nitrogens with one attached hydrogen (secondary N) is 1. The van der Waals surface area contributed by atoms with Gasteiger partial charge in [-0.25, -0.2) is 4.79 Å². The van der Waals surface area contributed by atoms with Gasteiger partial charge in [-0.3, -0.25) is 0 Å². The maximum atomic E-state index is 12.2. The van der Waals surface area contributed by atoms with Crippen molar-refractivity contribution in [3.63, 3.8) is 0 Å². The lowest BCUT2D eigenvalue weighted by Gasteiger charge is -2.27. The first-order chi connectivity index (χ1) is 9.89. The second-order valence-electron chi connectivity index (χ2n) is 6.57. The molecule has 2 rings (SSSR count).